The van der Waals surface area contributed by atoms with E-state index in [1.165, 1.54) is 12.6 Å². The van der Waals surface area contributed by atoms with Crippen LogP contribution in [0.15, 0.2) is 18.3 Å². The van der Waals surface area contributed by atoms with E-state index in [4.69, 9.17) is 10.5 Å². The van der Waals surface area contributed by atoms with Crippen molar-refractivity contribution < 1.29 is 22.7 Å². The van der Waals surface area contributed by atoms with Crippen LogP contribution in [0.1, 0.15) is 44.1 Å². The molecule has 0 saturated heterocycles. The maximum atomic E-state index is 12.3. The van der Waals surface area contributed by atoms with Gasteiger partial charge < -0.3 is 15.8 Å². The van der Waals surface area contributed by atoms with Gasteiger partial charge in [0.05, 0.1) is 0 Å². The summed E-state index contributed by atoms with van der Waals surface area (Å²) in [5.41, 5.74) is 6.13. The number of amides is 1. The summed E-state index contributed by atoms with van der Waals surface area (Å²) in [6.07, 6.45) is 2.43. The molecule has 1 saturated carbocycles. The van der Waals surface area contributed by atoms with E-state index in [9.17, 15) is 18.0 Å². The van der Waals surface area contributed by atoms with Crippen LogP contribution < -0.4 is 15.8 Å². The molecule has 3 N–H and O–H groups in total. The number of nitrogens with one attached hydrogen (secondary N) is 1. The van der Waals surface area contributed by atoms with Gasteiger partial charge in [-0.25, -0.2) is 4.98 Å². The van der Waals surface area contributed by atoms with Gasteiger partial charge in [0.1, 0.15) is 0 Å². The third-order valence-corrected chi connectivity index (χ3v) is 4.58. The minimum absolute atomic E-state index is 0.0700. The molecule has 2 rings (SSSR count). The summed E-state index contributed by atoms with van der Waals surface area (Å²) < 4.78 is 41.6. The Balaban J connectivity index is 1.91. The fourth-order valence-electron chi connectivity index (χ4n) is 3.19. The van der Waals surface area contributed by atoms with Gasteiger partial charge in [-0.05, 0) is 30.9 Å². The second kappa shape index (κ2) is 8.51. The second-order valence-electron chi connectivity index (χ2n) is 6.59. The number of hydrogen-bond acceptors (Lipinski definition) is 4. The molecule has 8 heteroatoms. The van der Waals surface area contributed by atoms with Gasteiger partial charge >= 0.3 is 6.18 Å². The molecule has 0 bridgehead atoms. The number of alkyl halides is 3. The van der Waals surface area contributed by atoms with E-state index in [0.29, 0.717) is 18.5 Å². The lowest BCUT2D eigenvalue weighted by atomic mass is 9.71. The monoisotopic (exact) mass is 359 g/mol. The van der Waals surface area contributed by atoms with Crippen molar-refractivity contribution in [2.24, 2.45) is 11.1 Å². The molecule has 140 valence electrons. The van der Waals surface area contributed by atoms with Gasteiger partial charge in [0.15, 0.2) is 6.61 Å². The molecular weight excluding hydrogens is 335 g/mol. The van der Waals surface area contributed by atoms with Gasteiger partial charge in [0, 0.05) is 24.7 Å². The normalized spacial score (nSPS) is 17.1. The molecule has 1 aliphatic rings. The van der Waals surface area contributed by atoms with Crippen LogP contribution >= 0.6 is 0 Å². The van der Waals surface area contributed by atoms with E-state index in [-0.39, 0.29) is 23.7 Å². The van der Waals surface area contributed by atoms with Crippen LogP contribution in [-0.4, -0.2) is 30.2 Å². The SMILES string of the molecule is NCC1(CC(=O)NCc2cccnc2OCC(F)(F)F)CCCCC1. The molecule has 25 heavy (non-hydrogen) atoms. The zero-order valence-corrected chi connectivity index (χ0v) is 14.1. The van der Waals surface area contributed by atoms with E-state index >= 15 is 0 Å². The Bertz CT molecular complexity index is 573. The summed E-state index contributed by atoms with van der Waals surface area (Å²) in [6.45, 7) is -0.880. The van der Waals surface area contributed by atoms with Crippen LogP contribution in [0.25, 0.3) is 0 Å². The van der Waals surface area contributed by atoms with Crippen molar-refractivity contribution in [2.45, 2.75) is 51.2 Å². The number of ether oxygens (including phenoxy) is 1. The van der Waals surface area contributed by atoms with Crippen LogP contribution in [0.4, 0.5) is 13.2 Å². The number of rotatable bonds is 7. The smallest absolute Gasteiger partial charge is 0.422 e. The lowest BCUT2D eigenvalue weighted by molar-refractivity contribution is -0.154. The predicted octanol–water partition coefficient (Wildman–Crippen LogP) is 2.94. The highest BCUT2D eigenvalue weighted by Crippen LogP contribution is 2.38. The van der Waals surface area contributed by atoms with Crippen molar-refractivity contribution in [3.05, 3.63) is 23.9 Å². The van der Waals surface area contributed by atoms with Gasteiger partial charge in [0.25, 0.3) is 0 Å². The number of carbonyl (C=O) groups is 1. The first-order valence-corrected chi connectivity index (χ1v) is 8.44. The van der Waals surface area contributed by atoms with Gasteiger partial charge in [0.2, 0.25) is 11.8 Å². The Kier molecular flexibility index (Phi) is 6.64. The molecule has 1 aliphatic carbocycles. The summed E-state index contributed by atoms with van der Waals surface area (Å²) >= 11 is 0. The molecule has 0 radical (unpaired) electrons. The highest BCUT2D eigenvalue weighted by molar-refractivity contribution is 5.76. The van der Waals surface area contributed by atoms with Crippen LogP contribution in [0.3, 0.4) is 0 Å². The topological polar surface area (TPSA) is 77.2 Å². The Labute approximate surface area is 145 Å². The van der Waals surface area contributed by atoms with Crippen molar-refractivity contribution in [2.75, 3.05) is 13.2 Å². The van der Waals surface area contributed by atoms with E-state index in [0.717, 1.165) is 25.7 Å². The fraction of sp³-hybridized carbons (Fsp3) is 0.647. The Hall–Kier alpha value is -1.83. The largest absolute Gasteiger partial charge is 0.468 e. The molecule has 1 aromatic rings. The van der Waals surface area contributed by atoms with Crippen LogP contribution in [0.2, 0.25) is 0 Å². The highest BCUT2D eigenvalue weighted by Gasteiger charge is 2.33. The number of carbonyl (C=O) groups excluding carboxylic acids is 1. The standard InChI is InChI=1S/C17H24F3N3O2/c18-17(19,20)12-25-15-13(5-4-8-22-15)10-23-14(24)9-16(11-21)6-2-1-3-7-16/h4-5,8H,1-3,6-7,9-12,21H2,(H,23,24). The average molecular weight is 359 g/mol. The number of nitrogens with two attached hydrogens (primary N) is 1. The summed E-state index contributed by atoms with van der Waals surface area (Å²) in [6, 6.07) is 3.17. The summed E-state index contributed by atoms with van der Waals surface area (Å²) in [4.78, 5) is 16.1. The zero-order valence-electron chi connectivity index (χ0n) is 14.1. The average Bonchev–Trinajstić information content (AvgIpc) is 2.59. The zero-order chi connectivity index (χ0) is 18.3. The van der Waals surface area contributed by atoms with Gasteiger partial charge in [-0.15, -0.1) is 0 Å². The summed E-state index contributed by atoms with van der Waals surface area (Å²) in [5.74, 6) is -0.274. The van der Waals surface area contributed by atoms with Crippen molar-refractivity contribution in [3.63, 3.8) is 0 Å². The van der Waals surface area contributed by atoms with E-state index < -0.39 is 12.8 Å². The maximum absolute atomic E-state index is 12.3. The quantitative estimate of drug-likeness (QED) is 0.785. The summed E-state index contributed by atoms with van der Waals surface area (Å²) in [5, 5.41) is 2.75. The van der Waals surface area contributed by atoms with Gasteiger partial charge in [-0.3, -0.25) is 4.79 Å². The molecule has 0 atom stereocenters. The molecule has 0 aromatic carbocycles. The van der Waals surface area contributed by atoms with E-state index in [1.807, 2.05) is 0 Å². The number of halogens is 3. The van der Waals surface area contributed by atoms with Crippen LogP contribution in [0.5, 0.6) is 5.88 Å². The van der Waals surface area contributed by atoms with Crippen molar-refractivity contribution in [3.8, 4) is 5.88 Å². The van der Waals surface area contributed by atoms with Crippen LogP contribution in [-0.2, 0) is 11.3 Å². The van der Waals surface area contributed by atoms with E-state index in [1.54, 1.807) is 12.1 Å². The first kappa shape index (κ1) is 19.5. The second-order valence-corrected chi connectivity index (χ2v) is 6.59. The molecule has 1 heterocycles. The van der Waals surface area contributed by atoms with Crippen molar-refractivity contribution in [1.29, 1.82) is 0 Å². The maximum Gasteiger partial charge on any atom is 0.422 e. The predicted molar refractivity (Wildman–Crippen MR) is 86.8 cm³/mol. The molecule has 1 amide bonds. The Morgan fingerprint density at radius 1 is 1.32 bits per heavy atom. The molecular formula is C17H24F3N3O2. The molecule has 5 nitrogen and oxygen atoms in total. The minimum atomic E-state index is -4.44. The first-order chi connectivity index (χ1) is 11.8. The van der Waals surface area contributed by atoms with E-state index in [2.05, 4.69) is 10.3 Å². The molecule has 1 aromatic heterocycles. The van der Waals surface area contributed by atoms with Gasteiger partial charge in [-0.1, -0.05) is 25.3 Å². The first-order valence-electron chi connectivity index (χ1n) is 8.44. The highest BCUT2D eigenvalue weighted by atomic mass is 19.4. The third kappa shape index (κ3) is 6.19. The van der Waals surface area contributed by atoms with Crippen molar-refractivity contribution >= 4 is 5.91 Å². The molecule has 0 spiro atoms. The lowest BCUT2D eigenvalue weighted by Crippen LogP contribution is -2.38. The number of nitrogens with zero attached hydrogens (tertiary/aromatic N) is 1. The molecule has 1 fully saturated rings. The van der Waals surface area contributed by atoms with Crippen LogP contribution in [0, 0.1) is 5.41 Å². The summed E-state index contributed by atoms with van der Waals surface area (Å²) in [7, 11) is 0. The Morgan fingerprint density at radius 2 is 2.04 bits per heavy atom. The third-order valence-electron chi connectivity index (χ3n) is 4.58. The number of hydrogen-bond donors (Lipinski definition) is 2. The molecule has 0 unspecified atom stereocenters. The fourth-order valence-corrected chi connectivity index (χ4v) is 3.19. The number of aromatic nitrogens is 1. The van der Waals surface area contributed by atoms with Gasteiger partial charge in [-0.2, -0.15) is 13.2 Å². The minimum Gasteiger partial charge on any atom is -0.468 e. The Morgan fingerprint density at radius 3 is 2.68 bits per heavy atom. The number of pyridine rings is 1. The lowest BCUT2D eigenvalue weighted by Gasteiger charge is -2.35. The van der Waals surface area contributed by atoms with Crippen molar-refractivity contribution in [1.82, 2.24) is 10.3 Å². The molecule has 0 aliphatic heterocycles.